The number of pyridine rings is 2. The SMILES string of the molecule is COc1ccccc1-c1cc(Nc2nc(NC3CCCCC3N)c(F)cc2C(N)=O)ccn1. The smallest absolute Gasteiger partial charge is 0.252 e. The number of rotatable bonds is 7. The van der Waals surface area contributed by atoms with Crippen molar-refractivity contribution in [1.29, 1.82) is 0 Å². The number of carbonyl (C=O) groups excluding carboxylic acids is 1. The van der Waals surface area contributed by atoms with Crippen molar-refractivity contribution in [2.75, 3.05) is 17.7 Å². The summed E-state index contributed by atoms with van der Waals surface area (Å²) in [4.78, 5) is 20.8. The van der Waals surface area contributed by atoms with Crippen LogP contribution in [0.5, 0.6) is 5.75 Å². The molecule has 4 rings (SSSR count). The first kappa shape index (κ1) is 22.5. The van der Waals surface area contributed by atoms with Crippen LogP contribution >= 0.6 is 0 Å². The zero-order valence-corrected chi connectivity index (χ0v) is 18.3. The highest BCUT2D eigenvalue weighted by Gasteiger charge is 2.24. The van der Waals surface area contributed by atoms with E-state index in [-0.39, 0.29) is 29.3 Å². The van der Waals surface area contributed by atoms with E-state index in [9.17, 15) is 9.18 Å². The highest BCUT2D eigenvalue weighted by atomic mass is 19.1. The maximum Gasteiger partial charge on any atom is 0.252 e. The Morgan fingerprint density at radius 3 is 2.70 bits per heavy atom. The molecule has 2 atom stereocenters. The lowest BCUT2D eigenvalue weighted by Crippen LogP contribution is -2.43. The Balaban J connectivity index is 1.66. The first-order chi connectivity index (χ1) is 16.0. The van der Waals surface area contributed by atoms with Crippen molar-refractivity contribution in [1.82, 2.24) is 9.97 Å². The lowest BCUT2D eigenvalue weighted by Gasteiger charge is -2.30. The number of para-hydroxylation sites is 1. The number of ether oxygens (including phenoxy) is 1. The zero-order valence-electron chi connectivity index (χ0n) is 18.3. The number of benzene rings is 1. The number of primary amides is 1. The number of hydrogen-bond acceptors (Lipinski definition) is 7. The van der Waals surface area contributed by atoms with Gasteiger partial charge in [0.2, 0.25) is 0 Å². The van der Waals surface area contributed by atoms with Gasteiger partial charge in [-0.25, -0.2) is 9.37 Å². The average molecular weight is 451 g/mol. The Morgan fingerprint density at radius 2 is 1.94 bits per heavy atom. The summed E-state index contributed by atoms with van der Waals surface area (Å²) in [6, 6.07) is 11.9. The third kappa shape index (κ3) is 5.04. The maximum atomic E-state index is 14.8. The van der Waals surface area contributed by atoms with Gasteiger partial charge in [0, 0.05) is 29.5 Å². The molecule has 2 unspecified atom stereocenters. The summed E-state index contributed by atoms with van der Waals surface area (Å²) in [7, 11) is 1.59. The maximum absolute atomic E-state index is 14.8. The Kier molecular flexibility index (Phi) is 6.69. The van der Waals surface area contributed by atoms with Gasteiger partial charge in [-0.3, -0.25) is 9.78 Å². The molecule has 1 saturated carbocycles. The van der Waals surface area contributed by atoms with E-state index in [1.807, 2.05) is 24.3 Å². The predicted molar refractivity (Wildman–Crippen MR) is 126 cm³/mol. The molecule has 0 bridgehead atoms. The van der Waals surface area contributed by atoms with Gasteiger partial charge >= 0.3 is 0 Å². The monoisotopic (exact) mass is 450 g/mol. The molecule has 0 spiro atoms. The Morgan fingerprint density at radius 1 is 1.15 bits per heavy atom. The van der Waals surface area contributed by atoms with Gasteiger partial charge in [0.25, 0.3) is 5.91 Å². The van der Waals surface area contributed by atoms with E-state index in [2.05, 4.69) is 20.6 Å². The number of nitrogens with zero attached hydrogens (tertiary/aromatic N) is 2. The second-order valence-electron chi connectivity index (χ2n) is 8.03. The average Bonchev–Trinajstić information content (AvgIpc) is 2.82. The van der Waals surface area contributed by atoms with Crippen LogP contribution in [-0.2, 0) is 0 Å². The molecular formula is C24H27FN6O2. The van der Waals surface area contributed by atoms with Crippen LogP contribution in [0.2, 0.25) is 0 Å². The first-order valence-electron chi connectivity index (χ1n) is 10.8. The third-order valence-corrected chi connectivity index (χ3v) is 5.79. The third-order valence-electron chi connectivity index (χ3n) is 5.79. The van der Waals surface area contributed by atoms with Gasteiger partial charge in [0.1, 0.15) is 11.6 Å². The second kappa shape index (κ2) is 9.83. The molecular weight excluding hydrogens is 423 g/mol. The van der Waals surface area contributed by atoms with Crippen molar-refractivity contribution >= 4 is 23.2 Å². The summed E-state index contributed by atoms with van der Waals surface area (Å²) in [6.07, 6.45) is 5.39. The van der Waals surface area contributed by atoms with E-state index in [0.717, 1.165) is 37.3 Å². The van der Waals surface area contributed by atoms with E-state index in [1.165, 1.54) is 0 Å². The summed E-state index contributed by atoms with van der Waals surface area (Å²) < 4.78 is 20.2. The molecule has 0 aliphatic heterocycles. The van der Waals surface area contributed by atoms with E-state index in [4.69, 9.17) is 16.2 Å². The quantitative estimate of drug-likeness (QED) is 0.431. The fraction of sp³-hybridized carbons (Fsp3) is 0.292. The number of methoxy groups -OCH3 is 1. The van der Waals surface area contributed by atoms with Crippen molar-refractivity contribution in [3.05, 3.63) is 60.0 Å². The van der Waals surface area contributed by atoms with Gasteiger partial charge < -0.3 is 26.8 Å². The van der Waals surface area contributed by atoms with E-state index in [0.29, 0.717) is 17.1 Å². The van der Waals surface area contributed by atoms with Gasteiger partial charge in [0.15, 0.2) is 11.6 Å². The number of carbonyl (C=O) groups is 1. The lowest BCUT2D eigenvalue weighted by atomic mass is 9.91. The predicted octanol–water partition coefficient (Wildman–Crippen LogP) is 3.82. The van der Waals surface area contributed by atoms with Crippen LogP contribution in [0.4, 0.5) is 21.7 Å². The topological polar surface area (TPSA) is 128 Å². The molecule has 2 aromatic heterocycles. The van der Waals surface area contributed by atoms with Crippen LogP contribution in [0.15, 0.2) is 48.7 Å². The lowest BCUT2D eigenvalue weighted by molar-refractivity contribution is 0.100. The molecule has 2 heterocycles. The van der Waals surface area contributed by atoms with Crippen LogP contribution < -0.4 is 26.8 Å². The fourth-order valence-electron chi connectivity index (χ4n) is 4.04. The molecule has 1 amide bonds. The number of hydrogen-bond donors (Lipinski definition) is 4. The minimum Gasteiger partial charge on any atom is -0.496 e. The van der Waals surface area contributed by atoms with Crippen LogP contribution in [-0.4, -0.2) is 35.1 Å². The van der Waals surface area contributed by atoms with Crippen LogP contribution in [0.1, 0.15) is 36.0 Å². The second-order valence-corrected chi connectivity index (χ2v) is 8.03. The van der Waals surface area contributed by atoms with E-state index < -0.39 is 11.7 Å². The first-order valence-corrected chi connectivity index (χ1v) is 10.8. The van der Waals surface area contributed by atoms with Crippen molar-refractivity contribution in [3.63, 3.8) is 0 Å². The standard InChI is InChI=1S/C24H27FN6O2/c1-33-21-9-5-2-6-15(21)20-12-14(10-11-28-20)29-23-16(22(27)32)13-17(25)24(31-23)30-19-8-4-3-7-18(19)26/h2,5-6,9-13,18-19H,3-4,7-8,26H2,1H3,(H2,27,32)(H2,28,29,30,31). The van der Waals surface area contributed by atoms with Crippen molar-refractivity contribution in [2.24, 2.45) is 11.5 Å². The fourth-order valence-corrected chi connectivity index (χ4v) is 4.04. The summed E-state index contributed by atoms with van der Waals surface area (Å²) >= 11 is 0. The molecule has 1 aliphatic rings. The minimum absolute atomic E-state index is 0.0314. The number of anilines is 3. The van der Waals surface area contributed by atoms with Crippen molar-refractivity contribution < 1.29 is 13.9 Å². The molecule has 1 aliphatic carbocycles. The molecule has 1 aromatic carbocycles. The number of amides is 1. The van der Waals surface area contributed by atoms with Crippen molar-refractivity contribution in [2.45, 2.75) is 37.8 Å². The summed E-state index contributed by atoms with van der Waals surface area (Å²) in [5, 5.41) is 6.20. The molecule has 0 radical (unpaired) electrons. The summed E-state index contributed by atoms with van der Waals surface area (Å²) in [5.74, 6) is -0.590. The Labute approximate surface area is 191 Å². The van der Waals surface area contributed by atoms with E-state index in [1.54, 1.807) is 25.4 Å². The van der Waals surface area contributed by atoms with Gasteiger partial charge in [-0.05, 0) is 43.2 Å². The highest BCUT2D eigenvalue weighted by Crippen LogP contribution is 2.31. The highest BCUT2D eigenvalue weighted by molar-refractivity contribution is 5.98. The summed E-state index contributed by atoms with van der Waals surface area (Å²) in [6.45, 7) is 0. The molecule has 9 heteroatoms. The molecule has 6 N–H and O–H groups in total. The number of nitrogens with two attached hydrogens (primary N) is 2. The number of nitrogens with one attached hydrogen (secondary N) is 2. The van der Waals surface area contributed by atoms with Gasteiger partial charge in [-0.2, -0.15) is 0 Å². The zero-order chi connectivity index (χ0) is 23.4. The van der Waals surface area contributed by atoms with Crippen LogP contribution in [0.25, 0.3) is 11.3 Å². The van der Waals surface area contributed by atoms with Crippen LogP contribution in [0.3, 0.4) is 0 Å². The van der Waals surface area contributed by atoms with Gasteiger partial charge in [-0.1, -0.05) is 25.0 Å². The molecule has 1 fully saturated rings. The molecule has 8 nitrogen and oxygen atoms in total. The minimum atomic E-state index is -0.788. The van der Waals surface area contributed by atoms with Crippen molar-refractivity contribution in [3.8, 4) is 17.0 Å². The van der Waals surface area contributed by atoms with Gasteiger partial charge in [0.05, 0.1) is 18.4 Å². The number of halogens is 1. The Bertz CT molecular complexity index is 1160. The van der Waals surface area contributed by atoms with Gasteiger partial charge in [-0.15, -0.1) is 0 Å². The molecule has 3 aromatic rings. The van der Waals surface area contributed by atoms with Crippen LogP contribution in [0, 0.1) is 5.82 Å². The molecule has 33 heavy (non-hydrogen) atoms. The normalized spacial score (nSPS) is 17.9. The molecule has 0 saturated heterocycles. The summed E-state index contributed by atoms with van der Waals surface area (Å²) in [5.41, 5.74) is 13.7. The largest absolute Gasteiger partial charge is 0.496 e. The molecule has 172 valence electrons. The number of aromatic nitrogens is 2. The Hall–Kier alpha value is -3.72. The van der Waals surface area contributed by atoms with E-state index >= 15 is 0 Å².